The average molecular weight is 1560 g/mol. The number of nitrogens with zero attached hydrogens (tertiary/aromatic N) is 2. The molecule has 5 N–H and O–H groups in total. The van der Waals surface area contributed by atoms with Gasteiger partial charge in [-0.2, -0.15) is 0 Å². The summed E-state index contributed by atoms with van der Waals surface area (Å²) in [6.45, 7) is 18.2. The van der Waals surface area contributed by atoms with Crippen molar-refractivity contribution in [2.24, 2.45) is 0 Å². The Balaban J connectivity index is 0. The molecule has 0 saturated heterocycles. The summed E-state index contributed by atoms with van der Waals surface area (Å²) in [6, 6.07) is 18.4. The number of hydrogen-bond donors (Lipinski definition) is 5. The number of amides is 1. The Morgan fingerprint density at radius 1 is 0.543 bits per heavy atom. The van der Waals surface area contributed by atoms with Crippen LogP contribution in [0.3, 0.4) is 0 Å². The van der Waals surface area contributed by atoms with Gasteiger partial charge in [-0.25, -0.2) is 14.4 Å². The molecule has 0 aliphatic rings. The van der Waals surface area contributed by atoms with Crippen LogP contribution in [0.5, 0.6) is 46.0 Å². The van der Waals surface area contributed by atoms with Gasteiger partial charge in [0, 0.05) is 99.6 Å². The standard InChI is InChI=1S/C19H26N2O6.C18H23NO7.C16H21NO6.C10H10O5.C2H6.Fm/c1-4-10-26-18(23)8-9-21(19(20)24)12-14-6-7-16(11-17(14)25-3)27-13-15(22)5-2;1-4-9-25-18(23)7-8-19(13(2)20)11-14-5-6-15(10-16(14)24-3)26-12-17(21)22;1-3-8-22-16(20)6-7-17-10-12-4-5-13(9-14(12)21-2)23-11-15(18)19;1-14-9-4-8(15-6-10(12)13)3-2-7(9)5-11;1-2;/h4,6-7,11H,1,5,8-10,12-13H2,2-3H3,(H2,20,24);4-6,10H,1,7-9,11-12H2,2-3H3,(H,21,22);3-5,9,17H,1,6-8,10-11H2,2H3,(H,18,19);2-5H,6H2,1H3,(H,12,13);1-2H3;/p-1. The van der Waals surface area contributed by atoms with Crippen LogP contribution in [0.1, 0.15) is 80.4 Å². The van der Waals surface area contributed by atoms with E-state index in [1.54, 1.807) is 61.5 Å². The van der Waals surface area contributed by atoms with E-state index in [-0.39, 0.29) is 89.5 Å². The third kappa shape index (κ3) is 36.7. The minimum Gasteiger partial charge on any atom is -0.846 e. The predicted octanol–water partition coefficient (Wildman–Crippen LogP) is 6.26. The largest absolute Gasteiger partial charge is 0.846 e. The third-order valence-electron chi connectivity index (χ3n) is 11.5. The number of carboxylic acid groups (broad SMARTS) is 3. The fraction of sp³-hybridized carbons (Fsp3) is 0.385. The van der Waals surface area contributed by atoms with E-state index in [0.717, 1.165) is 5.56 Å². The summed E-state index contributed by atoms with van der Waals surface area (Å²) in [4.78, 5) is 102. The summed E-state index contributed by atoms with van der Waals surface area (Å²) in [7, 11) is 5.87. The van der Waals surface area contributed by atoms with Crippen molar-refractivity contribution in [2.75, 3.05) is 94.3 Å². The van der Waals surface area contributed by atoms with E-state index in [9.17, 15) is 48.3 Å². The molecule has 0 saturated carbocycles. The number of aliphatic carboxylic acids is 3. The van der Waals surface area contributed by atoms with E-state index < -0.39 is 55.7 Å². The van der Waals surface area contributed by atoms with E-state index in [0.29, 0.717) is 88.5 Å². The Bertz CT molecular complexity index is 3050. The van der Waals surface area contributed by atoms with Gasteiger partial charge in [0.15, 0.2) is 31.9 Å². The zero-order chi connectivity index (χ0) is 70.1. The molecule has 1 amide bonds. The number of carboxylic acids is 3. The minimum atomic E-state index is -1.08. The van der Waals surface area contributed by atoms with E-state index in [2.05, 4.69) is 25.1 Å². The number of aldehydes is 1. The third-order valence-corrected chi connectivity index (χ3v) is 11.5. The second-order valence-corrected chi connectivity index (χ2v) is 18.2. The quantitative estimate of drug-likeness (QED) is 0.00625. The van der Waals surface area contributed by atoms with Gasteiger partial charge in [0.05, 0.1) is 53.3 Å². The van der Waals surface area contributed by atoms with Crippen molar-refractivity contribution in [3.8, 4) is 46.0 Å². The Hall–Kier alpha value is -11.6. The number of carbonyl (C=O) groups excluding carboxylic acids is 6. The van der Waals surface area contributed by atoms with Gasteiger partial charge in [-0.1, -0.05) is 64.8 Å². The Morgan fingerprint density at radius 3 is 1.26 bits per heavy atom. The Kier molecular flexibility index (Phi) is 45.0. The zero-order valence-electron chi connectivity index (χ0n) is 54.0. The summed E-state index contributed by atoms with van der Waals surface area (Å²) < 4.78 is 55.9. The SMILES string of the molecule is C=CCOC(=O)CCN(Cc1ccc(OCC(=O)CC)cc1OC)C(=N)[O-].C=CCOC(=O)CCN(Cc1ccc(OCC(=O)O)cc1OC)C(C)=O.C=CCOC(=O)CCNCc1ccc(OCC(=O)O)cc1OC.CC.COc1cc(OCC(=O)O)ccc1C=O.[Fm]. The second-order valence-electron chi connectivity index (χ2n) is 18.2. The molecule has 4 aromatic rings. The number of ether oxygens (including phenoxy) is 11. The van der Waals surface area contributed by atoms with Gasteiger partial charge in [0.2, 0.25) is 5.91 Å². The van der Waals surface area contributed by atoms with Crippen LogP contribution in [0.25, 0.3) is 0 Å². The van der Waals surface area contributed by atoms with Crippen molar-refractivity contribution in [3.63, 3.8) is 0 Å². The monoisotopic (exact) mass is 1560 g/mol. The van der Waals surface area contributed by atoms with E-state index in [1.165, 1.54) is 81.6 Å². The Morgan fingerprint density at radius 2 is 0.894 bits per heavy atom. The first-order valence-electron chi connectivity index (χ1n) is 28.6. The second kappa shape index (κ2) is 50.1. The molecule has 0 aliphatic carbocycles. The fourth-order valence-corrected chi connectivity index (χ4v) is 6.98. The molecule has 0 heterocycles. The molecule has 0 bridgehead atoms. The minimum absolute atomic E-state index is 0. The number of carbonyl (C=O) groups is 9. The molecule has 522 valence electrons. The molecule has 0 radical (unpaired) electrons. The van der Waals surface area contributed by atoms with Gasteiger partial charge in [-0.15, -0.1) is 0 Å². The number of rotatable bonds is 39. The molecule has 0 atom stereocenters. The first kappa shape index (κ1) is 84.4. The summed E-state index contributed by atoms with van der Waals surface area (Å²) in [6.07, 6.45) is 5.79. The molecule has 28 nitrogen and oxygen atoms in total. The maximum Gasteiger partial charge on any atom is 0.341 e. The number of Topliss-reactive ketones (excluding diaryl/α,β-unsaturated/α-hetero) is 1. The van der Waals surface area contributed by atoms with Crippen molar-refractivity contribution in [1.82, 2.24) is 15.1 Å². The van der Waals surface area contributed by atoms with Gasteiger partial charge in [-0.3, -0.25) is 34.2 Å². The van der Waals surface area contributed by atoms with E-state index >= 15 is 0 Å². The molecule has 29 heteroatoms. The van der Waals surface area contributed by atoms with Crippen molar-refractivity contribution >= 4 is 59.8 Å². The van der Waals surface area contributed by atoms with E-state index in [1.807, 2.05) is 13.8 Å². The number of nitrogens with one attached hydrogen (secondary N) is 2. The molecule has 0 unspecified atom stereocenters. The smallest absolute Gasteiger partial charge is 0.341 e. The summed E-state index contributed by atoms with van der Waals surface area (Å²) in [5, 5.41) is 47.7. The predicted molar refractivity (Wildman–Crippen MR) is 337 cm³/mol. The number of benzene rings is 4. The van der Waals surface area contributed by atoms with E-state index in [4.69, 9.17) is 72.8 Å². The number of amidine groups is 1. The van der Waals surface area contributed by atoms with Crippen molar-refractivity contribution in [1.29, 1.82) is 5.41 Å². The van der Waals surface area contributed by atoms with Gasteiger partial charge in [0.1, 0.15) is 72.4 Å². The summed E-state index contributed by atoms with van der Waals surface area (Å²) in [5.41, 5.74) is 2.60. The molecular formula is C65H85FmN4O24-. The van der Waals surface area contributed by atoms with Crippen LogP contribution in [0, 0.1) is 5.41 Å². The summed E-state index contributed by atoms with van der Waals surface area (Å²) in [5.74, 6) is -1.18. The average Bonchev–Trinajstić information content (AvgIpc) is 0.984. The van der Waals surface area contributed by atoms with Crippen LogP contribution < -0.4 is 48.3 Å². The molecule has 4 aromatic carbocycles. The van der Waals surface area contributed by atoms with Gasteiger partial charge >= 0.3 is 35.8 Å². The van der Waals surface area contributed by atoms with Crippen LogP contribution in [-0.4, -0.2) is 179 Å². The normalized spacial score (nSPS) is 9.62. The number of ketones is 1. The maximum atomic E-state index is 11.8. The molecule has 0 aromatic heterocycles. The van der Waals surface area contributed by atoms with Crippen molar-refractivity contribution in [3.05, 3.63) is 133 Å². The molecule has 0 fully saturated rings. The molecule has 4 rings (SSSR count). The fourth-order valence-electron chi connectivity index (χ4n) is 6.98. The van der Waals surface area contributed by atoms with Crippen molar-refractivity contribution in [2.45, 2.75) is 73.0 Å². The molecule has 94 heavy (non-hydrogen) atoms. The van der Waals surface area contributed by atoms with Crippen LogP contribution in [-0.2, 0) is 72.2 Å². The molecule has 0 spiro atoms. The number of methoxy groups -OCH3 is 4. The van der Waals surface area contributed by atoms with Crippen LogP contribution in [0.15, 0.2) is 111 Å². The molecule has 0 aliphatic heterocycles. The Labute approximate surface area is 540 Å². The first-order chi connectivity index (χ1) is 44.5. The van der Waals surface area contributed by atoms with Gasteiger partial charge < -0.3 is 87.6 Å². The first-order valence-corrected chi connectivity index (χ1v) is 28.6. The number of hydrogen-bond acceptors (Lipinski definition) is 23. The number of esters is 3. The van der Waals surface area contributed by atoms with Crippen LogP contribution >= 0.6 is 0 Å². The van der Waals surface area contributed by atoms with Gasteiger partial charge in [0.25, 0.3) is 0 Å². The maximum absolute atomic E-state index is 11.8. The van der Waals surface area contributed by atoms with Crippen LogP contribution in [0.4, 0.5) is 0 Å². The summed E-state index contributed by atoms with van der Waals surface area (Å²) >= 11 is 0. The molecular weight excluding hydrogens is 1480 g/mol. The van der Waals surface area contributed by atoms with Crippen LogP contribution in [0.2, 0.25) is 0 Å². The van der Waals surface area contributed by atoms with Crippen molar-refractivity contribution < 1.29 is 116 Å². The zero-order valence-corrected chi connectivity index (χ0v) is 56.4. The van der Waals surface area contributed by atoms with Gasteiger partial charge in [-0.05, 0) is 42.5 Å². The topological polar surface area (TPSA) is 381 Å².